The number of hydrogen-bond donors (Lipinski definition) is 1. The topological polar surface area (TPSA) is 25.2 Å². The number of aryl methyl sites for hydroxylation is 1. The molecule has 106 valence electrons. The number of rotatable bonds is 5. The third kappa shape index (κ3) is 2.53. The highest BCUT2D eigenvalue weighted by atomic mass is 16.3. The van der Waals surface area contributed by atoms with Gasteiger partial charge in [0.25, 0.3) is 0 Å². The zero-order valence-electron chi connectivity index (χ0n) is 12.4. The normalized spacial score (nSPS) is 16.9. The predicted octanol–water partition coefficient (Wildman–Crippen LogP) is 4.42. The van der Waals surface area contributed by atoms with Crippen LogP contribution in [0.1, 0.15) is 60.8 Å². The fourth-order valence-corrected chi connectivity index (χ4v) is 2.92. The minimum absolute atomic E-state index is 0.144. The van der Waals surface area contributed by atoms with Crippen LogP contribution in [-0.4, -0.2) is 7.05 Å². The summed E-state index contributed by atoms with van der Waals surface area (Å²) in [6.07, 6.45) is 5.04. The van der Waals surface area contributed by atoms with Crippen molar-refractivity contribution < 1.29 is 4.42 Å². The van der Waals surface area contributed by atoms with Crippen LogP contribution in [0, 0.1) is 0 Å². The molecule has 1 aliphatic rings. The minimum Gasteiger partial charge on any atom is -0.464 e. The molecule has 0 spiro atoms. The first kappa shape index (κ1) is 13.4. The van der Waals surface area contributed by atoms with Gasteiger partial charge < -0.3 is 9.73 Å². The van der Waals surface area contributed by atoms with Gasteiger partial charge in [-0.1, -0.05) is 37.6 Å². The van der Waals surface area contributed by atoms with Crippen LogP contribution in [0.3, 0.4) is 0 Å². The molecule has 0 saturated heterocycles. The lowest BCUT2D eigenvalue weighted by atomic mass is 9.80. The second-order valence-corrected chi connectivity index (χ2v) is 5.67. The highest BCUT2D eigenvalue weighted by Gasteiger charge is 2.20. The van der Waals surface area contributed by atoms with Crippen molar-refractivity contribution in [2.24, 2.45) is 0 Å². The molecule has 1 N–H and O–H groups in total. The van der Waals surface area contributed by atoms with Gasteiger partial charge in [-0.3, -0.25) is 0 Å². The highest BCUT2D eigenvalue weighted by Crippen LogP contribution is 2.36. The second-order valence-electron chi connectivity index (χ2n) is 5.67. The van der Waals surface area contributed by atoms with E-state index in [1.165, 1.54) is 30.4 Å². The Morgan fingerprint density at radius 2 is 1.90 bits per heavy atom. The van der Waals surface area contributed by atoms with Crippen molar-refractivity contribution in [2.75, 3.05) is 7.05 Å². The molecule has 1 aliphatic carbocycles. The molecular formula is C18H23NO. The van der Waals surface area contributed by atoms with E-state index in [4.69, 9.17) is 4.42 Å². The molecule has 1 aromatic carbocycles. The van der Waals surface area contributed by atoms with Crippen LogP contribution in [0.25, 0.3) is 0 Å². The Labute approximate surface area is 121 Å². The summed E-state index contributed by atoms with van der Waals surface area (Å²) in [7, 11) is 1.98. The lowest BCUT2D eigenvalue weighted by Crippen LogP contribution is -2.17. The second kappa shape index (κ2) is 5.84. The summed E-state index contributed by atoms with van der Waals surface area (Å²) < 4.78 is 5.89. The Bertz CT molecular complexity index is 551. The summed E-state index contributed by atoms with van der Waals surface area (Å²) >= 11 is 0. The molecule has 0 radical (unpaired) electrons. The summed E-state index contributed by atoms with van der Waals surface area (Å²) in [5.74, 6) is 2.85. The Morgan fingerprint density at radius 3 is 2.40 bits per heavy atom. The minimum atomic E-state index is 0.144. The van der Waals surface area contributed by atoms with Crippen molar-refractivity contribution in [1.29, 1.82) is 0 Å². The summed E-state index contributed by atoms with van der Waals surface area (Å²) in [5.41, 5.74) is 2.76. The van der Waals surface area contributed by atoms with Crippen LogP contribution < -0.4 is 5.32 Å². The Balaban J connectivity index is 1.81. The van der Waals surface area contributed by atoms with Crippen LogP contribution in [0.2, 0.25) is 0 Å². The van der Waals surface area contributed by atoms with Gasteiger partial charge in [-0.15, -0.1) is 0 Å². The van der Waals surface area contributed by atoms with Crippen LogP contribution in [0.15, 0.2) is 40.8 Å². The fraction of sp³-hybridized carbons (Fsp3) is 0.444. The van der Waals surface area contributed by atoms with Crippen molar-refractivity contribution in [3.05, 3.63) is 59.0 Å². The molecule has 2 heteroatoms. The van der Waals surface area contributed by atoms with E-state index in [-0.39, 0.29) is 6.04 Å². The third-order valence-electron chi connectivity index (χ3n) is 4.45. The molecule has 0 amide bonds. The van der Waals surface area contributed by atoms with E-state index in [1.54, 1.807) is 0 Å². The molecular weight excluding hydrogens is 246 g/mol. The zero-order chi connectivity index (χ0) is 13.9. The summed E-state index contributed by atoms with van der Waals surface area (Å²) in [4.78, 5) is 0. The third-order valence-corrected chi connectivity index (χ3v) is 4.45. The fourth-order valence-electron chi connectivity index (χ4n) is 2.92. The molecule has 1 aromatic heterocycles. The van der Waals surface area contributed by atoms with Crippen molar-refractivity contribution in [1.82, 2.24) is 5.32 Å². The van der Waals surface area contributed by atoms with E-state index in [0.29, 0.717) is 0 Å². The Hall–Kier alpha value is -1.54. The summed E-state index contributed by atoms with van der Waals surface area (Å²) in [6.45, 7) is 2.12. The molecule has 1 unspecified atom stereocenters. The van der Waals surface area contributed by atoms with E-state index in [9.17, 15) is 0 Å². The molecule has 3 rings (SSSR count). The number of furan rings is 1. The average Bonchev–Trinajstić information content (AvgIpc) is 2.88. The van der Waals surface area contributed by atoms with Gasteiger partial charge in [-0.2, -0.15) is 0 Å². The Kier molecular flexibility index (Phi) is 3.93. The summed E-state index contributed by atoms with van der Waals surface area (Å²) in [6, 6.07) is 13.3. The lowest BCUT2D eigenvalue weighted by molar-refractivity contribution is 0.419. The van der Waals surface area contributed by atoms with E-state index in [2.05, 4.69) is 48.6 Å². The van der Waals surface area contributed by atoms with Crippen LogP contribution in [-0.2, 0) is 6.42 Å². The maximum Gasteiger partial charge on any atom is 0.125 e. The lowest BCUT2D eigenvalue weighted by Gasteiger charge is -2.26. The number of nitrogens with one attached hydrogen (secondary N) is 1. The maximum atomic E-state index is 5.89. The number of benzene rings is 1. The van der Waals surface area contributed by atoms with Gasteiger partial charge in [0.2, 0.25) is 0 Å². The smallest absolute Gasteiger partial charge is 0.125 e. The van der Waals surface area contributed by atoms with Crippen LogP contribution in [0.5, 0.6) is 0 Å². The highest BCUT2D eigenvalue weighted by molar-refractivity contribution is 5.32. The van der Waals surface area contributed by atoms with Gasteiger partial charge >= 0.3 is 0 Å². The molecule has 1 heterocycles. The van der Waals surface area contributed by atoms with Crippen molar-refractivity contribution >= 4 is 0 Å². The van der Waals surface area contributed by atoms with Crippen molar-refractivity contribution in [3.8, 4) is 0 Å². The van der Waals surface area contributed by atoms with Gasteiger partial charge in [-0.05, 0) is 49.1 Å². The molecule has 20 heavy (non-hydrogen) atoms. The van der Waals surface area contributed by atoms with Crippen molar-refractivity contribution in [2.45, 2.75) is 44.6 Å². The molecule has 2 nitrogen and oxygen atoms in total. The first-order chi connectivity index (χ1) is 9.81. The molecule has 1 atom stereocenters. The first-order valence-electron chi connectivity index (χ1n) is 7.67. The summed E-state index contributed by atoms with van der Waals surface area (Å²) in [5, 5.41) is 3.35. The van der Waals surface area contributed by atoms with Crippen LogP contribution >= 0.6 is 0 Å². The molecule has 0 aliphatic heterocycles. The first-order valence-corrected chi connectivity index (χ1v) is 7.67. The van der Waals surface area contributed by atoms with E-state index in [1.807, 2.05) is 7.05 Å². The SMILES string of the molecule is CCc1ccc(C(NC)c2ccc(C3CCC3)cc2)o1. The van der Waals surface area contributed by atoms with E-state index < -0.39 is 0 Å². The Morgan fingerprint density at radius 1 is 1.15 bits per heavy atom. The van der Waals surface area contributed by atoms with Gasteiger partial charge in [0, 0.05) is 6.42 Å². The molecule has 1 saturated carbocycles. The largest absolute Gasteiger partial charge is 0.464 e. The van der Waals surface area contributed by atoms with Gasteiger partial charge in [0.1, 0.15) is 11.5 Å². The molecule has 0 bridgehead atoms. The molecule has 1 fully saturated rings. The average molecular weight is 269 g/mol. The monoisotopic (exact) mass is 269 g/mol. The van der Waals surface area contributed by atoms with Gasteiger partial charge in [0.15, 0.2) is 0 Å². The van der Waals surface area contributed by atoms with Crippen LogP contribution in [0.4, 0.5) is 0 Å². The zero-order valence-corrected chi connectivity index (χ0v) is 12.4. The standard InChI is InChI=1S/C18H23NO/c1-3-16-11-12-17(20-16)18(19-2)15-9-7-14(8-10-15)13-5-4-6-13/h7-13,18-19H,3-6H2,1-2H3. The van der Waals surface area contributed by atoms with Gasteiger partial charge in [-0.25, -0.2) is 0 Å². The molecule has 2 aromatic rings. The predicted molar refractivity (Wildman–Crippen MR) is 82.0 cm³/mol. The van der Waals surface area contributed by atoms with E-state index in [0.717, 1.165) is 23.9 Å². The maximum absolute atomic E-state index is 5.89. The number of hydrogen-bond acceptors (Lipinski definition) is 2. The van der Waals surface area contributed by atoms with Gasteiger partial charge in [0.05, 0.1) is 6.04 Å². The van der Waals surface area contributed by atoms with E-state index >= 15 is 0 Å². The quantitative estimate of drug-likeness (QED) is 0.869. The van der Waals surface area contributed by atoms with Crippen molar-refractivity contribution in [3.63, 3.8) is 0 Å².